The molecule has 8 heteroatoms. The zero-order valence-corrected chi connectivity index (χ0v) is 18.0. The fourth-order valence-electron chi connectivity index (χ4n) is 4.00. The molecule has 1 aliphatic heterocycles. The van der Waals surface area contributed by atoms with Crippen molar-refractivity contribution in [2.75, 3.05) is 13.2 Å². The van der Waals surface area contributed by atoms with Crippen LogP contribution in [0.25, 0.3) is 0 Å². The minimum Gasteiger partial charge on any atom is -0.488 e. The van der Waals surface area contributed by atoms with Gasteiger partial charge in [-0.25, -0.2) is 4.79 Å². The summed E-state index contributed by atoms with van der Waals surface area (Å²) in [6.07, 6.45) is 2.02. The number of aliphatic hydroxyl groups is 1. The van der Waals surface area contributed by atoms with Crippen LogP contribution in [-0.2, 0) is 23.2 Å². The normalized spacial score (nSPS) is 21.5. The van der Waals surface area contributed by atoms with Gasteiger partial charge in [0.1, 0.15) is 18.2 Å². The van der Waals surface area contributed by atoms with Crippen molar-refractivity contribution < 1.29 is 19.4 Å². The lowest BCUT2D eigenvalue weighted by atomic mass is 9.89. The second-order valence-corrected chi connectivity index (χ2v) is 8.64. The molecule has 3 amide bonds. The lowest BCUT2D eigenvalue weighted by Crippen LogP contribution is -2.42. The molecule has 2 N–H and O–H groups in total. The number of fused-ring (bicyclic) bond motifs is 1. The zero-order chi connectivity index (χ0) is 21.5. The first-order valence-electron chi connectivity index (χ1n) is 9.81. The van der Waals surface area contributed by atoms with Crippen molar-refractivity contribution >= 4 is 35.1 Å². The molecular formula is C22H22Cl2N2O4. The van der Waals surface area contributed by atoms with E-state index in [4.69, 9.17) is 27.9 Å². The van der Waals surface area contributed by atoms with Crippen molar-refractivity contribution in [2.45, 2.75) is 37.8 Å². The molecule has 2 atom stereocenters. The van der Waals surface area contributed by atoms with Gasteiger partial charge in [-0.15, -0.1) is 0 Å². The monoisotopic (exact) mass is 448 g/mol. The molecule has 0 radical (unpaired) electrons. The molecule has 30 heavy (non-hydrogen) atoms. The minimum absolute atomic E-state index is 0.171. The first-order chi connectivity index (χ1) is 14.3. The fourth-order valence-corrected chi connectivity index (χ4v) is 4.51. The van der Waals surface area contributed by atoms with E-state index >= 15 is 0 Å². The second-order valence-electron chi connectivity index (χ2n) is 7.82. The second kappa shape index (κ2) is 8.10. The minimum atomic E-state index is -1.17. The van der Waals surface area contributed by atoms with E-state index in [-0.39, 0.29) is 18.9 Å². The Kier molecular flexibility index (Phi) is 5.66. The van der Waals surface area contributed by atoms with E-state index in [1.165, 1.54) is 11.1 Å². The number of ether oxygens (including phenoxy) is 1. The Morgan fingerprint density at radius 3 is 2.60 bits per heavy atom. The highest BCUT2D eigenvalue weighted by atomic mass is 35.5. The van der Waals surface area contributed by atoms with Crippen LogP contribution in [0.3, 0.4) is 0 Å². The molecule has 1 aliphatic carbocycles. The summed E-state index contributed by atoms with van der Waals surface area (Å²) in [4.78, 5) is 26.7. The molecule has 1 fully saturated rings. The van der Waals surface area contributed by atoms with Gasteiger partial charge in [-0.1, -0.05) is 47.5 Å². The largest absolute Gasteiger partial charge is 0.488 e. The lowest BCUT2D eigenvalue weighted by Gasteiger charge is -2.24. The molecule has 0 spiro atoms. The molecule has 1 heterocycles. The molecule has 2 aliphatic rings. The molecule has 6 nitrogen and oxygen atoms in total. The number of urea groups is 1. The Bertz CT molecular complexity index is 992. The Morgan fingerprint density at radius 2 is 1.87 bits per heavy atom. The fraction of sp³-hybridized carbons (Fsp3) is 0.364. The van der Waals surface area contributed by atoms with Gasteiger partial charge < -0.3 is 15.2 Å². The summed E-state index contributed by atoms with van der Waals surface area (Å²) in [5.41, 5.74) is 2.10. The average molecular weight is 449 g/mol. The number of aliphatic hydroxyl groups excluding tert-OH is 1. The van der Waals surface area contributed by atoms with Gasteiger partial charge in [0.2, 0.25) is 0 Å². The maximum absolute atomic E-state index is 13.1. The van der Waals surface area contributed by atoms with Crippen LogP contribution in [0.1, 0.15) is 30.0 Å². The molecule has 0 saturated carbocycles. The predicted molar refractivity (Wildman–Crippen MR) is 114 cm³/mol. The summed E-state index contributed by atoms with van der Waals surface area (Å²) < 4.78 is 5.51. The van der Waals surface area contributed by atoms with E-state index in [1.54, 1.807) is 25.1 Å². The highest BCUT2D eigenvalue weighted by molar-refractivity contribution is 6.37. The quantitative estimate of drug-likeness (QED) is 0.660. The van der Waals surface area contributed by atoms with Crippen molar-refractivity contribution in [3.8, 4) is 5.75 Å². The summed E-state index contributed by atoms with van der Waals surface area (Å²) in [6.45, 7) is 1.32. The average Bonchev–Trinajstić information content (AvgIpc) is 3.26. The topological polar surface area (TPSA) is 78.9 Å². The Morgan fingerprint density at radius 1 is 1.17 bits per heavy atom. The number of halogens is 2. The molecule has 0 bridgehead atoms. The van der Waals surface area contributed by atoms with E-state index < -0.39 is 23.6 Å². The summed E-state index contributed by atoms with van der Waals surface area (Å²) in [7, 11) is 0. The summed E-state index contributed by atoms with van der Waals surface area (Å²) in [5.74, 6) is -0.152. The van der Waals surface area contributed by atoms with Crippen LogP contribution < -0.4 is 10.1 Å². The van der Waals surface area contributed by atoms with Gasteiger partial charge in [-0.05, 0) is 55.0 Å². The standard InChI is InChI=1S/C22H22Cl2N2O4/c1-22(15-9-8-13-4-2-5-14(13)10-15)20(28)26(21(29)25-22)11-16(27)12-30-19-17(23)6-3-7-18(19)24/h3,6-10,16,27H,2,4-5,11-12H2,1H3,(H,25,29). The number of para-hydroxylation sites is 1. The predicted octanol–water partition coefficient (Wildman–Crippen LogP) is 3.69. The number of imide groups is 1. The maximum atomic E-state index is 13.1. The van der Waals surface area contributed by atoms with Crippen LogP contribution in [0.5, 0.6) is 5.75 Å². The number of nitrogens with zero attached hydrogens (tertiary/aromatic N) is 1. The number of carbonyl (C=O) groups excluding carboxylic acids is 2. The highest BCUT2D eigenvalue weighted by Gasteiger charge is 2.49. The molecular weight excluding hydrogens is 427 g/mol. The number of rotatable bonds is 6. The number of hydrogen-bond acceptors (Lipinski definition) is 4. The van der Waals surface area contributed by atoms with Gasteiger partial charge >= 0.3 is 6.03 Å². The number of aryl methyl sites for hydroxylation is 2. The number of nitrogens with one attached hydrogen (secondary N) is 1. The number of carbonyl (C=O) groups is 2. The number of benzene rings is 2. The molecule has 0 aromatic heterocycles. The van der Waals surface area contributed by atoms with Crippen LogP contribution in [-0.4, -0.2) is 41.2 Å². The summed E-state index contributed by atoms with van der Waals surface area (Å²) >= 11 is 12.1. The van der Waals surface area contributed by atoms with Gasteiger partial charge in [0.15, 0.2) is 5.75 Å². The highest BCUT2D eigenvalue weighted by Crippen LogP contribution is 2.34. The molecule has 2 aromatic carbocycles. The Labute approximate surface area is 184 Å². The first kappa shape index (κ1) is 21.0. The Balaban J connectivity index is 1.45. The van der Waals surface area contributed by atoms with Crippen LogP contribution in [0.15, 0.2) is 36.4 Å². The number of amides is 3. The van der Waals surface area contributed by atoms with Gasteiger partial charge in [0.25, 0.3) is 5.91 Å². The van der Waals surface area contributed by atoms with E-state index in [1.807, 2.05) is 18.2 Å². The van der Waals surface area contributed by atoms with Crippen molar-refractivity contribution in [3.63, 3.8) is 0 Å². The maximum Gasteiger partial charge on any atom is 0.325 e. The number of β-amino-alcohol motifs (C(OH)–C–C–N with tert-alkyl or cyclic N) is 1. The summed E-state index contributed by atoms with van der Waals surface area (Å²) in [5, 5.41) is 13.8. The zero-order valence-electron chi connectivity index (χ0n) is 16.5. The molecule has 1 saturated heterocycles. The van der Waals surface area contributed by atoms with E-state index in [9.17, 15) is 14.7 Å². The smallest absolute Gasteiger partial charge is 0.325 e. The molecule has 158 valence electrons. The van der Waals surface area contributed by atoms with Crippen LogP contribution in [0, 0.1) is 0 Å². The Hall–Kier alpha value is -2.28. The third kappa shape index (κ3) is 3.75. The molecule has 2 aromatic rings. The summed E-state index contributed by atoms with van der Waals surface area (Å²) in [6, 6.07) is 10.3. The van der Waals surface area contributed by atoms with Crippen LogP contribution in [0.4, 0.5) is 4.79 Å². The van der Waals surface area contributed by atoms with Crippen LogP contribution in [0.2, 0.25) is 10.0 Å². The van der Waals surface area contributed by atoms with E-state index in [0.717, 1.165) is 29.7 Å². The van der Waals surface area contributed by atoms with E-state index in [2.05, 4.69) is 5.32 Å². The van der Waals surface area contributed by atoms with Gasteiger partial charge in [0, 0.05) is 0 Å². The SMILES string of the molecule is CC1(c2ccc3c(c2)CCC3)NC(=O)N(CC(O)COc2c(Cl)cccc2Cl)C1=O. The third-order valence-corrected chi connectivity index (χ3v) is 6.28. The first-order valence-corrected chi connectivity index (χ1v) is 10.6. The van der Waals surface area contributed by atoms with Crippen molar-refractivity contribution in [1.29, 1.82) is 0 Å². The van der Waals surface area contributed by atoms with Crippen molar-refractivity contribution in [3.05, 3.63) is 63.1 Å². The van der Waals surface area contributed by atoms with Crippen molar-refractivity contribution in [1.82, 2.24) is 10.2 Å². The van der Waals surface area contributed by atoms with Gasteiger partial charge in [0.05, 0.1) is 16.6 Å². The van der Waals surface area contributed by atoms with Crippen LogP contribution >= 0.6 is 23.2 Å². The van der Waals surface area contributed by atoms with Gasteiger partial charge in [-0.3, -0.25) is 9.69 Å². The van der Waals surface area contributed by atoms with Crippen molar-refractivity contribution in [2.24, 2.45) is 0 Å². The van der Waals surface area contributed by atoms with Gasteiger partial charge in [-0.2, -0.15) is 0 Å². The third-order valence-electron chi connectivity index (χ3n) is 5.68. The molecule has 2 unspecified atom stereocenters. The number of hydrogen-bond donors (Lipinski definition) is 2. The molecule has 4 rings (SSSR count). The van der Waals surface area contributed by atoms with E-state index in [0.29, 0.717) is 10.0 Å². The lowest BCUT2D eigenvalue weighted by molar-refractivity contribution is -0.132.